The molecule has 0 fully saturated rings. The van der Waals surface area contributed by atoms with Crippen LogP contribution in [-0.2, 0) is 0 Å². The number of amides is 1. The third kappa shape index (κ3) is 3.33. The van der Waals surface area contributed by atoms with Gasteiger partial charge in [-0.1, -0.05) is 24.3 Å². The van der Waals surface area contributed by atoms with Gasteiger partial charge in [0.15, 0.2) is 0 Å². The Morgan fingerprint density at radius 2 is 2.07 bits per heavy atom. The maximum absolute atomic E-state index is 12.8. The van der Waals surface area contributed by atoms with Crippen molar-refractivity contribution in [2.24, 2.45) is 5.92 Å². The van der Waals surface area contributed by atoms with E-state index in [9.17, 15) is 20.0 Å². The summed E-state index contributed by atoms with van der Waals surface area (Å²) in [5.74, 6) is -0.00127. The van der Waals surface area contributed by atoms with Crippen LogP contribution in [0.25, 0.3) is 0 Å². The molecule has 1 amide bonds. The van der Waals surface area contributed by atoms with Gasteiger partial charge in [-0.3, -0.25) is 14.9 Å². The molecular weight excluding hydrogens is 370 g/mol. The van der Waals surface area contributed by atoms with Crippen LogP contribution in [0.1, 0.15) is 53.7 Å². The molecule has 7 heteroatoms. The van der Waals surface area contributed by atoms with Gasteiger partial charge in [-0.05, 0) is 43.9 Å². The summed E-state index contributed by atoms with van der Waals surface area (Å²) in [6.45, 7) is 3.81. The number of non-ortho nitro benzene ring substituents is 1. The van der Waals surface area contributed by atoms with Crippen LogP contribution in [-0.4, -0.2) is 22.0 Å². The van der Waals surface area contributed by atoms with Crippen LogP contribution < -0.4 is 10.6 Å². The summed E-state index contributed by atoms with van der Waals surface area (Å²) in [5.41, 5.74) is 2.68. The predicted molar refractivity (Wildman–Crippen MR) is 110 cm³/mol. The van der Waals surface area contributed by atoms with E-state index in [2.05, 4.69) is 22.8 Å². The van der Waals surface area contributed by atoms with E-state index < -0.39 is 4.92 Å². The van der Waals surface area contributed by atoms with Gasteiger partial charge in [0.1, 0.15) is 5.75 Å². The fourth-order valence-corrected chi connectivity index (χ4v) is 4.36. The van der Waals surface area contributed by atoms with E-state index in [1.54, 1.807) is 6.07 Å². The summed E-state index contributed by atoms with van der Waals surface area (Å²) in [6.07, 6.45) is 5.00. The van der Waals surface area contributed by atoms with Gasteiger partial charge in [-0.25, -0.2) is 0 Å². The summed E-state index contributed by atoms with van der Waals surface area (Å²) >= 11 is 0. The lowest BCUT2D eigenvalue weighted by atomic mass is 9.76. The SMILES string of the molecule is CC(C)NC(=O)c1cccc2c1NC(c1cc([N+](=O)[O-])ccc1O)C1CC=CC21. The highest BCUT2D eigenvalue weighted by atomic mass is 16.6. The Morgan fingerprint density at radius 3 is 2.79 bits per heavy atom. The highest BCUT2D eigenvalue weighted by Crippen LogP contribution is 2.52. The number of anilines is 1. The minimum Gasteiger partial charge on any atom is -0.508 e. The van der Waals surface area contributed by atoms with Crippen LogP contribution in [0.15, 0.2) is 48.6 Å². The van der Waals surface area contributed by atoms with Gasteiger partial charge in [0.05, 0.1) is 22.2 Å². The number of aromatic hydroxyl groups is 1. The number of nitro benzene ring substituents is 1. The molecule has 3 atom stereocenters. The molecule has 2 aliphatic rings. The van der Waals surface area contributed by atoms with Gasteiger partial charge in [-0.15, -0.1) is 0 Å². The number of hydrogen-bond donors (Lipinski definition) is 3. The second-order valence-electron chi connectivity index (χ2n) is 7.87. The average molecular weight is 393 g/mol. The van der Waals surface area contributed by atoms with Gasteiger partial charge in [-0.2, -0.15) is 0 Å². The first-order chi connectivity index (χ1) is 13.9. The number of benzene rings is 2. The molecule has 1 aliphatic heterocycles. The third-order valence-electron chi connectivity index (χ3n) is 5.62. The summed E-state index contributed by atoms with van der Waals surface area (Å²) in [7, 11) is 0. The van der Waals surface area contributed by atoms with Crippen molar-refractivity contribution in [2.45, 2.75) is 38.3 Å². The summed E-state index contributed by atoms with van der Waals surface area (Å²) < 4.78 is 0. The van der Waals surface area contributed by atoms with Crippen LogP contribution in [0.5, 0.6) is 5.75 Å². The largest absolute Gasteiger partial charge is 0.508 e. The molecule has 3 unspecified atom stereocenters. The van der Waals surface area contributed by atoms with Crippen LogP contribution in [0.3, 0.4) is 0 Å². The molecule has 0 spiro atoms. The molecule has 0 bridgehead atoms. The van der Waals surface area contributed by atoms with E-state index >= 15 is 0 Å². The van der Waals surface area contributed by atoms with Gasteiger partial charge >= 0.3 is 0 Å². The Morgan fingerprint density at radius 1 is 1.28 bits per heavy atom. The molecule has 150 valence electrons. The smallest absolute Gasteiger partial charge is 0.270 e. The molecule has 0 saturated carbocycles. The molecule has 2 aromatic carbocycles. The molecule has 1 aliphatic carbocycles. The zero-order chi connectivity index (χ0) is 20.7. The molecule has 29 heavy (non-hydrogen) atoms. The van der Waals surface area contributed by atoms with Gasteiger partial charge in [0.25, 0.3) is 11.6 Å². The minimum atomic E-state index is -0.467. The molecule has 4 rings (SSSR count). The van der Waals surface area contributed by atoms with Gasteiger partial charge in [0.2, 0.25) is 0 Å². The molecule has 0 saturated heterocycles. The Bertz CT molecular complexity index is 1020. The van der Waals surface area contributed by atoms with Crippen molar-refractivity contribution >= 4 is 17.3 Å². The minimum absolute atomic E-state index is 0.00214. The average Bonchev–Trinajstić information content (AvgIpc) is 3.16. The first kappa shape index (κ1) is 19.0. The van der Waals surface area contributed by atoms with Crippen LogP contribution in [0.2, 0.25) is 0 Å². The second kappa shape index (κ2) is 7.24. The standard InChI is InChI=1S/C22H23N3O4/c1-12(2)23-22(27)17-8-4-7-15-14-5-3-6-16(14)21(24-20(15)17)18-11-13(25(28)29)9-10-19(18)26/h3-5,7-12,14,16,21,24,26H,6H2,1-2H3,(H,23,27). The number of nitrogens with zero attached hydrogens (tertiary/aromatic N) is 1. The van der Waals surface area contributed by atoms with Crippen molar-refractivity contribution in [3.63, 3.8) is 0 Å². The van der Waals surface area contributed by atoms with Gasteiger partial charge < -0.3 is 15.7 Å². The number of phenolic OH excluding ortho intramolecular Hbond substituents is 1. The fraction of sp³-hybridized carbons (Fsp3) is 0.318. The maximum Gasteiger partial charge on any atom is 0.270 e. The van der Waals surface area contributed by atoms with Crippen molar-refractivity contribution in [3.8, 4) is 5.75 Å². The van der Waals surface area contributed by atoms with Crippen LogP contribution in [0.4, 0.5) is 11.4 Å². The van der Waals surface area contributed by atoms with E-state index in [-0.39, 0.29) is 41.3 Å². The first-order valence-corrected chi connectivity index (χ1v) is 9.71. The number of nitrogens with one attached hydrogen (secondary N) is 2. The van der Waals surface area contributed by atoms with E-state index in [4.69, 9.17) is 0 Å². The number of carbonyl (C=O) groups is 1. The monoisotopic (exact) mass is 393 g/mol. The summed E-state index contributed by atoms with van der Waals surface area (Å²) in [4.78, 5) is 23.6. The fourth-order valence-electron chi connectivity index (χ4n) is 4.36. The number of hydrogen-bond acceptors (Lipinski definition) is 5. The van der Waals surface area contributed by atoms with E-state index in [1.807, 2.05) is 26.0 Å². The number of para-hydroxylation sites is 1. The second-order valence-corrected chi connectivity index (χ2v) is 7.87. The lowest BCUT2D eigenvalue weighted by Gasteiger charge is -2.38. The van der Waals surface area contributed by atoms with Gasteiger partial charge in [0, 0.05) is 29.7 Å². The molecule has 7 nitrogen and oxygen atoms in total. The highest BCUT2D eigenvalue weighted by Gasteiger charge is 2.40. The lowest BCUT2D eigenvalue weighted by molar-refractivity contribution is -0.385. The Balaban J connectivity index is 1.81. The van der Waals surface area contributed by atoms with Crippen molar-refractivity contribution in [3.05, 3.63) is 75.4 Å². The number of fused-ring (bicyclic) bond motifs is 3. The summed E-state index contributed by atoms with van der Waals surface area (Å²) in [6, 6.07) is 9.38. The molecule has 0 radical (unpaired) electrons. The molecule has 1 heterocycles. The zero-order valence-electron chi connectivity index (χ0n) is 16.3. The Kier molecular flexibility index (Phi) is 4.74. The Labute approximate surface area is 168 Å². The maximum atomic E-state index is 12.8. The number of nitro groups is 1. The number of phenols is 1. The zero-order valence-corrected chi connectivity index (χ0v) is 16.3. The summed E-state index contributed by atoms with van der Waals surface area (Å²) in [5, 5.41) is 28.1. The van der Waals surface area contributed by atoms with Crippen molar-refractivity contribution in [2.75, 3.05) is 5.32 Å². The lowest BCUT2D eigenvalue weighted by Crippen LogP contribution is -2.34. The number of rotatable bonds is 4. The normalized spacial score (nSPS) is 22.0. The van der Waals surface area contributed by atoms with E-state index in [0.717, 1.165) is 12.0 Å². The van der Waals surface area contributed by atoms with Crippen molar-refractivity contribution < 1.29 is 14.8 Å². The van der Waals surface area contributed by atoms with E-state index in [0.29, 0.717) is 16.8 Å². The first-order valence-electron chi connectivity index (χ1n) is 9.71. The predicted octanol–water partition coefficient (Wildman–Crippen LogP) is 4.27. The molecule has 3 N–H and O–H groups in total. The molecular formula is C22H23N3O4. The molecule has 0 aromatic heterocycles. The number of allylic oxidation sites excluding steroid dienone is 2. The Hall–Kier alpha value is -3.35. The highest BCUT2D eigenvalue weighted by molar-refractivity contribution is 6.01. The van der Waals surface area contributed by atoms with Crippen LogP contribution >= 0.6 is 0 Å². The quantitative estimate of drug-likeness (QED) is 0.409. The topological polar surface area (TPSA) is 104 Å². The third-order valence-corrected chi connectivity index (χ3v) is 5.62. The molecule has 2 aromatic rings. The number of carbonyl (C=O) groups excluding carboxylic acids is 1. The van der Waals surface area contributed by atoms with Crippen molar-refractivity contribution in [1.29, 1.82) is 0 Å². The van der Waals surface area contributed by atoms with Crippen LogP contribution in [0, 0.1) is 16.0 Å². The van der Waals surface area contributed by atoms with Crippen molar-refractivity contribution in [1.82, 2.24) is 5.32 Å². The van der Waals surface area contributed by atoms with E-state index in [1.165, 1.54) is 18.2 Å².